The number of para-hydroxylation sites is 2. The summed E-state index contributed by atoms with van der Waals surface area (Å²) in [5.41, 5.74) is 3.01. The first-order valence-electron chi connectivity index (χ1n) is 9.29. The van der Waals surface area contributed by atoms with Crippen molar-refractivity contribution in [3.05, 3.63) is 59.9 Å². The third-order valence-corrected chi connectivity index (χ3v) is 4.67. The number of amides is 2. The van der Waals surface area contributed by atoms with Crippen LogP contribution in [-0.2, 0) is 17.8 Å². The average Bonchev–Trinajstić information content (AvgIpc) is 3.42. The molecule has 4 rings (SSSR count). The molecule has 6 heteroatoms. The van der Waals surface area contributed by atoms with Crippen LogP contribution in [0.5, 0.6) is 0 Å². The first kappa shape index (κ1) is 17.3. The zero-order valence-electron chi connectivity index (χ0n) is 15.2. The lowest BCUT2D eigenvalue weighted by molar-refractivity contribution is -0.116. The van der Waals surface area contributed by atoms with Crippen LogP contribution in [0.2, 0.25) is 0 Å². The van der Waals surface area contributed by atoms with Crippen molar-refractivity contribution in [2.24, 2.45) is 0 Å². The van der Waals surface area contributed by atoms with Crippen molar-refractivity contribution in [1.29, 1.82) is 0 Å². The predicted molar refractivity (Wildman–Crippen MR) is 105 cm³/mol. The van der Waals surface area contributed by atoms with Gasteiger partial charge < -0.3 is 15.2 Å². The molecule has 2 amide bonds. The summed E-state index contributed by atoms with van der Waals surface area (Å²) in [4.78, 5) is 29.4. The van der Waals surface area contributed by atoms with Crippen molar-refractivity contribution in [1.82, 2.24) is 14.9 Å². The summed E-state index contributed by atoms with van der Waals surface area (Å²) in [6, 6.07) is 15.1. The number of hydrogen-bond acceptors (Lipinski definition) is 3. The molecule has 0 radical (unpaired) electrons. The third kappa shape index (κ3) is 3.84. The summed E-state index contributed by atoms with van der Waals surface area (Å²) in [7, 11) is 0. The van der Waals surface area contributed by atoms with E-state index in [2.05, 4.69) is 15.6 Å². The van der Waals surface area contributed by atoms with Gasteiger partial charge in [0, 0.05) is 23.7 Å². The average molecular weight is 362 g/mol. The van der Waals surface area contributed by atoms with Crippen LogP contribution in [0.1, 0.15) is 35.9 Å². The molecule has 3 aromatic rings. The van der Waals surface area contributed by atoms with E-state index in [0.717, 1.165) is 36.1 Å². The van der Waals surface area contributed by atoms with Crippen LogP contribution >= 0.6 is 0 Å². The monoisotopic (exact) mass is 362 g/mol. The van der Waals surface area contributed by atoms with Gasteiger partial charge in [-0.25, -0.2) is 4.98 Å². The molecule has 0 aliphatic heterocycles. The van der Waals surface area contributed by atoms with Gasteiger partial charge in [-0.15, -0.1) is 0 Å². The van der Waals surface area contributed by atoms with E-state index in [1.54, 1.807) is 24.3 Å². The number of imidazole rings is 1. The smallest absolute Gasteiger partial charge is 0.251 e. The molecule has 1 saturated carbocycles. The molecule has 0 spiro atoms. The van der Waals surface area contributed by atoms with Crippen LogP contribution in [0.3, 0.4) is 0 Å². The summed E-state index contributed by atoms with van der Waals surface area (Å²) in [5.74, 6) is 0.638. The predicted octanol–water partition coefficient (Wildman–Crippen LogP) is 3.13. The van der Waals surface area contributed by atoms with Gasteiger partial charge in [0.25, 0.3) is 5.91 Å². The maximum atomic E-state index is 12.6. The van der Waals surface area contributed by atoms with E-state index in [-0.39, 0.29) is 18.4 Å². The highest BCUT2D eigenvalue weighted by Gasteiger charge is 2.23. The molecule has 0 unspecified atom stereocenters. The van der Waals surface area contributed by atoms with Crippen LogP contribution in [-0.4, -0.2) is 27.4 Å². The number of rotatable bonds is 6. The van der Waals surface area contributed by atoms with Crippen LogP contribution in [0.15, 0.2) is 48.5 Å². The van der Waals surface area contributed by atoms with E-state index in [9.17, 15) is 9.59 Å². The molecular formula is C21H22N4O2. The standard InChI is InChI=1S/C21H22N4O2/c1-2-19-24-17-8-3-4-9-18(17)25(19)13-20(26)22-16-7-5-6-14(12-16)21(27)23-15-10-11-15/h3-9,12,15H,2,10-11,13H2,1H3,(H,22,26)(H,23,27). The highest BCUT2D eigenvalue weighted by Crippen LogP contribution is 2.20. The number of anilines is 1. The maximum absolute atomic E-state index is 12.6. The maximum Gasteiger partial charge on any atom is 0.251 e. The molecule has 2 N–H and O–H groups in total. The Morgan fingerprint density at radius 1 is 1.15 bits per heavy atom. The van der Waals surface area contributed by atoms with Crippen LogP contribution in [0.25, 0.3) is 11.0 Å². The quantitative estimate of drug-likeness (QED) is 0.707. The summed E-state index contributed by atoms with van der Waals surface area (Å²) in [6.07, 6.45) is 2.83. The van der Waals surface area contributed by atoms with Gasteiger partial charge >= 0.3 is 0 Å². The van der Waals surface area contributed by atoms with Crippen molar-refractivity contribution in [3.8, 4) is 0 Å². The summed E-state index contributed by atoms with van der Waals surface area (Å²) in [6.45, 7) is 2.21. The molecule has 0 atom stereocenters. The molecule has 2 aromatic carbocycles. The number of nitrogens with one attached hydrogen (secondary N) is 2. The molecule has 27 heavy (non-hydrogen) atoms. The van der Waals surface area contributed by atoms with Crippen molar-refractivity contribution in [2.45, 2.75) is 38.8 Å². The molecule has 1 fully saturated rings. The molecule has 6 nitrogen and oxygen atoms in total. The Balaban J connectivity index is 1.49. The Morgan fingerprint density at radius 3 is 2.74 bits per heavy atom. The second-order valence-corrected chi connectivity index (χ2v) is 6.83. The van der Waals surface area contributed by atoms with Gasteiger partial charge in [0.2, 0.25) is 5.91 Å². The number of benzene rings is 2. The Morgan fingerprint density at radius 2 is 1.96 bits per heavy atom. The lowest BCUT2D eigenvalue weighted by atomic mass is 10.2. The second kappa shape index (κ2) is 7.23. The molecule has 1 aliphatic rings. The minimum atomic E-state index is -0.146. The van der Waals surface area contributed by atoms with Gasteiger partial charge in [-0.2, -0.15) is 0 Å². The zero-order chi connectivity index (χ0) is 18.8. The van der Waals surface area contributed by atoms with Crippen LogP contribution in [0.4, 0.5) is 5.69 Å². The van der Waals surface area contributed by atoms with E-state index in [1.807, 2.05) is 35.8 Å². The van der Waals surface area contributed by atoms with E-state index in [0.29, 0.717) is 17.3 Å². The van der Waals surface area contributed by atoms with Crippen molar-refractivity contribution >= 4 is 28.5 Å². The van der Waals surface area contributed by atoms with Crippen LogP contribution < -0.4 is 10.6 Å². The summed E-state index contributed by atoms with van der Waals surface area (Å²) >= 11 is 0. The minimum absolute atomic E-state index is 0.0949. The lowest BCUT2D eigenvalue weighted by Crippen LogP contribution is -2.25. The van der Waals surface area contributed by atoms with Gasteiger partial charge in [-0.3, -0.25) is 9.59 Å². The largest absolute Gasteiger partial charge is 0.349 e. The zero-order valence-corrected chi connectivity index (χ0v) is 15.2. The van der Waals surface area contributed by atoms with Crippen molar-refractivity contribution < 1.29 is 9.59 Å². The molecule has 138 valence electrons. The fourth-order valence-electron chi connectivity index (χ4n) is 3.15. The molecule has 1 heterocycles. The summed E-state index contributed by atoms with van der Waals surface area (Å²) < 4.78 is 1.94. The van der Waals surface area contributed by atoms with Crippen molar-refractivity contribution in [3.63, 3.8) is 0 Å². The number of aromatic nitrogens is 2. The summed E-state index contributed by atoms with van der Waals surface area (Å²) in [5, 5.41) is 5.85. The molecule has 0 bridgehead atoms. The Bertz CT molecular complexity index is 1000. The molecule has 1 aromatic heterocycles. The van der Waals surface area contributed by atoms with E-state index < -0.39 is 0 Å². The van der Waals surface area contributed by atoms with Gasteiger partial charge in [-0.1, -0.05) is 25.1 Å². The molecule has 1 aliphatic carbocycles. The number of carbonyl (C=O) groups excluding carboxylic acids is 2. The number of nitrogens with zero attached hydrogens (tertiary/aromatic N) is 2. The molecule has 0 saturated heterocycles. The van der Waals surface area contributed by atoms with Gasteiger partial charge in [0.1, 0.15) is 12.4 Å². The SMILES string of the molecule is CCc1nc2ccccc2n1CC(=O)Nc1cccc(C(=O)NC2CC2)c1. The fraction of sp³-hybridized carbons (Fsp3) is 0.286. The fourth-order valence-corrected chi connectivity index (χ4v) is 3.15. The van der Waals surface area contributed by atoms with Gasteiger partial charge in [0.15, 0.2) is 0 Å². The van der Waals surface area contributed by atoms with Gasteiger partial charge in [-0.05, 0) is 43.2 Å². The van der Waals surface area contributed by atoms with E-state index in [4.69, 9.17) is 0 Å². The topological polar surface area (TPSA) is 76.0 Å². The first-order valence-corrected chi connectivity index (χ1v) is 9.29. The highest BCUT2D eigenvalue weighted by molar-refractivity contribution is 5.97. The normalized spacial score (nSPS) is 13.5. The number of fused-ring (bicyclic) bond motifs is 1. The van der Waals surface area contributed by atoms with Crippen LogP contribution in [0, 0.1) is 0 Å². The number of aryl methyl sites for hydroxylation is 1. The van der Waals surface area contributed by atoms with E-state index in [1.165, 1.54) is 0 Å². The highest BCUT2D eigenvalue weighted by atomic mass is 16.2. The third-order valence-electron chi connectivity index (χ3n) is 4.67. The minimum Gasteiger partial charge on any atom is -0.349 e. The van der Waals surface area contributed by atoms with Gasteiger partial charge in [0.05, 0.1) is 11.0 Å². The first-order chi connectivity index (χ1) is 13.1. The Kier molecular flexibility index (Phi) is 4.62. The lowest BCUT2D eigenvalue weighted by Gasteiger charge is -2.10. The van der Waals surface area contributed by atoms with Crippen molar-refractivity contribution in [2.75, 3.05) is 5.32 Å². The van der Waals surface area contributed by atoms with E-state index >= 15 is 0 Å². The molecular weight excluding hydrogens is 340 g/mol. The second-order valence-electron chi connectivity index (χ2n) is 6.83. The Labute approximate surface area is 157 Å². The number of hydrogen-bond donors (Lipinski definition) is 2. The number of carbonyl (C=O) groups is 2. The Hall–Kier alpha value is -3.15.